The maximum Gasteiger partial charge on any atom is 0.0724 e. The summed E-state index contributed by atoms with van der Waals surface area (Å²) in [4.78, 5) is 0. The Morgan fingerprint density at radius 2 is 1.88 bits per heavy atom. The molecule has 0 fully saturated rings. The molecule has 0 aliphatic heterocycles. The predicted octanol–water partition coefficient (Wildman–Crippen LogP) is 2.09. The average molecular weight is 215 g/mol. The highest BCUT2D eigenvalue weighted by Gasteiger charge is 2.08. The van der Waals surface area contributed by atoms with Gasteiger partial charge in [-0.1, -0.05) is 24.3 Å². The molecule has 16 heavy (non-hydrogen) atoms. The fourth-order valence-electron chi connectivity index (χ4n) is 1.84. The van der Waals surface area contributed by atoms with Gasteiger partial charge in [-0.15, -0.1) is 0 Å². The molecule has 1 aromatic heterocycles. The minimum absolute atomic E-state index is 0.417. The van der Waals surface area contributed by atoms with Crippen molar-refractivity contribution in [2.75, 3.05) is 7.05 Å². The number of fused-ring (bicyclic) bond motifs is 1. The number of hydrogen-bond donors (Lipinski definition) is 1. The fourth-order valence-corrected chi connectivity index (χ4v) is 1.84. The van der Waals surface area contributed by atoms with E-state index in [1.807, 2.05) is 20.0 Å². The third-order valence-electron chi connectivity index (χ3n) is 2.94. The Morgan fingerprint density at radius 1 is 1.19 bits per heavy atom. The Balaban J connectivity index is 2.50. The second-order valence-corrected chi connectivity index (χ2v) is 4.17. The van der Waals surface area contributed by atoms with Crippen molar-refractivity contribution >= 4 is 10.8 Å². The van der Waals surface area contributed by atoms with Gasteiger partial charge in [0.15, 0.2) is 0 Å². The van der Waals surface area contributed by atoms with Crippen molar-refractivity contribution in [1.82, 2.24) is 15.5 Å². The first-order chi connectivity index (χ1) is 7.72. The largest absolute Gasteiger partial charge is 0.317 e. The van der Waals surface area contributed by atoms with Gasteiger partial charge in [-0.3, -0.25) is 0 Å². The number of benzene rings is 1. The van der Waals surface area contributed by atoms with Gasteiger partial charge in [0.25, 0.3) is 0 Å². The van der Waals surface area contributed by atoms with E-state index in [2.05, 4.69) is 40.6 Å². The summed E-state index contributed by atoms with van der Waals surface area (Å²) in [7, 11) is 1.97. The van der Waals surface area contributed by atoms with E-state index in [0.717, 1.165) is 17.8 Å². The molecule has 1 aromatic carbocycles. The van der Waals surface area contributed by atoms with Gasteiger partial charge in [-0.05, 0) is 20.9 Å². The van der Waals surface area contributed by atoms with E-state index in [4.69, 9.17) is 0 Å². The molecule has 0 spiro atoms. The van der Waals surface area contributed by atoms with Crippen LogP contribution < -0.4 is 5.32 Å². The van der Waals surface area contributed by atoms with Crippen LogP contribution in [-0.2, 0) is 6.42 Å². The van der Waals surface area contributed by atoms with E-state index in [9.17, 15) is 0 Å². The van der Waals surface area contributed by atoms with Crippen LogP contribution in [0, 0.1) is 6.92 Å². The molecule has 1 N–H and O–H groups in total. The van der Waals surface area contributed by atoms with Crippen LogP contribution in [0.3, 0.4) is 0 Å². The molecule has 0 aliphatic carbocycles. The monoisotopic (exact) mass is 215 g/mol. The van der Waals surface area contributed by atoms with E-state index in [0.29, 0.717) is 6.04 Å². The molecule has 3 nitrogen and oxygen atoms in total. The standard InChI is InChI=1S/C13H17N3/c1-9(14-3)8-13-12-7-5-4-6-11(12)10(2)15-16-13/h4-7,9,14H,8H2,1-3H3. The normalized spacial score (nSPS) is 12.9. The predicted molar refractivity (Wildman–Crippen MR) is 66.5 cm³/mol. The Kier molecular flexibility index (Phi) is 3.15. The van der Waals surface area contributed by atoms with E-state index in [-0.39, 0.29) is 0 Å². The number of aryl methyl sites for hydroxylation is 1. The molecular weight excluding hydrogens is 198 g/mol. The molecular formula is C13H17N3. The number of nitrogens with zero attached hydrogens (tertiary/aromatic N) is 2. The zero-order valence-electron chi connectivity index (χ0n) is 9.99. The Hall–Kier alpha value is -1.48. The molecule has 0 radical (unpaired) electrons. The minimum atomic E-state index is 0.417. The number of hydrogen-bond acceptors (Lipinski definition) is 3. The van der Waals surface area contributed by atoms with E-state index >= 15 is 0 Å². The minimum Gasteiger partial charge on any atom is -0.317 e. The van der Waals surface area contributed by atoms with Gasteiger partial charge in [0.05, 0.1) is 11.4 Å². The summed E-state index contributed by atoms with van der Waals surface area (Å²) in [6, 6.07) is 8.74. The van der Waals surface area contributed by atoms with Crippen LogP contribution in [0.25, 0.3) is 10.8 Å². The quantitative estimate of drug-likeness (QED) is 0.852. The van der Waals surface area contributed by atoms with Crippen molar-refractivity contribution in [3.8, 4) is 0 Å². The van der Waals surface area contributed by atoms with Crippen molar-refractivity contribution in [3.63, 3.8) is 0 Å². The van der Waals surface area contributed by atoms with Crippen LogP contribution in [0.15, 0.2) is 24.3 Å². The second kappa shape index (κ2) is 4.58. The second-order valence-electron chi connectivity index (χ2n) is 4.17. The van der Waals surface area contributed by atoms with Crippen LogP contribution in [0.2, 0.25) is 0 Å². The molecule has 2 aromatic rings. The number of nitrogens with one attached hydrogen (secondary N) is 1. The SMILES string of the molecule is CNC(C)Cc1nnc(C)c2ccccc12. The zero-order chi connectivity index (χ0) is 11.5. The fraction of sp³-hybridized carbons (Fsp3) is 0.385. The van der Waals surface area contributed by atoms with Gasteiger partial charge in [-0.2, -0.15) is 10.2 Å². The first-order valence-electron chi connectivity index (χ1n) is 5.60. The lowest BCUT2D eigenvalue weighted by atomic mass is 10.0. The van der Waals surface area contributed by atoms with Crippen molar-refractivity contribution in [1.29, 1.82) is 0 Å². The first-order valence-corrected chi connectivity index (χ1v) is 5.60. The Bertz CT molecular complexity index is 494. The first kappa shape index (κ1) is 11.0. The van der Waals surface area contributed by atoms with Gasteiger partial charge in [-0.25, -0.2) is 0 Å². The van der Waals surface area contributed by atoms with Crippen LogP contribution in [-0.4, -0.2) is 23.3 Å². The van der Waals surface area contributed by atoms with Crippen LogP contribution in [0.5, 0.6) is 0 Å². The van der Waals surface area contributed by atoms with E-state index in [1.54, 1.807) is 0 Å². The Labute approximate surface area is 95.9 Å². The third-order valence-corrected chi connectivity index (χ3v) is 2.94. The summed E-state index contributed by atoms with van der Waals surface area (Å²) in [5, 5.41) is 14.2. The summed E-state index contributed by atoms with van der Waals surface area (Å²) in [6.07, 6.45) is 0.907. The maximum absolute atomic E-state index is 4.30. The van der Waals surface area contributed by atoms with Crippen molar-refractivity contribution < 1.29 is 0 Å². The topological polar surface area (TPSA) is 37.8 Å². The molecule has 2 rings (SSSR count). The van der Waals surface area contributed by atoms with Gasteiger partial charge in [0.1, 0.15) is 0 Å². The summed E-state index contributed by atoms with van der Waals surface area (Å²) in [6.45, 7) is 4.15. The number of likely N-dealkylation sites (N-methyl/N-ethyl adjacent to an activating group) is 1. The van der Waals surface area contributed by atoms with Crippen LogP contribution in [0.4, 0.5) is 0 Å². The van der Waals surface area contributed by atoms with Crippen LogP contribution >= 0.6 is 0 Å². The van der Waals surface area contributed by atoms with Crippen molar-refractivity contribution in [2.45, 2.75) is 26.3 Å². The lowest BCUT2D eigenvalue weighted by Gasteiger charge is -2.11. The molecule has 1 atom stereocenters. The number of aromatic nitrogens is 2. The summed E-state index contributed by atoms with van der Waals surface area (Å²) >= 11 is 0. The molecule has 0 aliphatic rings. The summed E-state index contributed by atoms with van der Waals surface area (Å²) in [5.74, 6) is 0. The highest BCUT2D eigenvalue weighted by molar-refractivity contribution is 5.86. The molecule has 1 unspecified atom stereocenters. The van der Waals surface area contributed by atoms with Crippen LogP contribution in [0.1, 0.15) is 18.3 Å². The van der Waals surface area contributed by atoms with Crippen molar-refractivity contribution in [3.05, 3.63) is 35.7 Å². The Morgan fingerprint density at radius 3 is 2.56 bits per heavy atom. The van der Waals surface area contributed by atoms with Gasteiger partial charge in [0, 0.05) is 23.2 Å². The zero-order valence-corrected chi connectivity index (χ0v) is 9.99. The number of rotatable bonds is 3. The van der Waals surface area contributed by atoms with Crippen molar-refractivity contribution in [2.24, 2.45) is 0 Å². The van der Waals surface area contributed by atoms with E-state index in [1.165, 1.54) is 10.8 Å². The lowest BCUT2D eigenvalue weighted by molar-refractivity contribution is 0.598. The lowest BCUT2D eigenvalue weighted by Crippen LogP contribution is -2.24. The molecule has 0 amide bonds. The third kappa shape index (κ3) is 2.04. The van der Waals surface area contributed by atoms with Gasteiger partial charge >= 0.3 is 0 Å². The molecule has 84 valence electrons. The molecule has 0 bridgehead atoms. The molecule has 0 saturated carbocycles. The average Bonchev–Trinajstić information content (AvgIpc) is 2.33. The smallest absolute Gasteiger partial charge is 0.0724 e. The summed E-state index contributed by atoms with van der Waals surface area (Å²) < 4.78 is 0. The van der Waals surface area contributed by atoms with E-state index < -0.39 is 0 Å². The molecule has 3 heteroatoms. The summed E-state index contributed by atoms with van der Waals surface area (Å²) in [5.41, 5.74) is 2.07. The highest BCUT2D eigenvalue weighted by Crippen LogP contribution is 2.19. The maximum atomic E-state index is 4.30. The van der Waals surface area contributed by atoms with Gasteiger partial charge in [0.2, 0.25) is 0 Å². The van der Waals surface area contributed by atoms with Gasteiger partial charge < -0.3 is 5.32 Å². The molecule has 1 heterocycles. The molecule has 0 saturated heterocycles. The highest BCUT2D eigenvalue weighted by atomic mass is 15.1.